The lowest BCUT2D eigenvalue weighted by Crippen LogP contribution is -1.97. The Morgan fingerprint density at radius 1 is 1.57 bits per heavy atom. The number of thiophene rings is 1. The standard InChI is InChI=1S/C10H8N2OS/c11-4-7-6-1-2-14-10(6)3-9(12)8(7)5-13/h1-3,13H,5,12H2. The molecule has 0 aliphatic heterocycles. The van der Waals surface area contributed by atoms with Crippen molar-refractivity contribution in [1.82, 2.24) is 0 Å². The summed E-state index contributed by atoms with van der Waals surface area (Å²) in [7, 11) is 0. The number of nitriles is 1. The van der Waals surface area contributed by atoms with Crippen LogP contribution in [0.3, 0.4) is 0 Å². The van der Waals surface area contributed by atoms with Crippen molar-refractivity contribution < 1.29 is 5.11 Å². The number of rotatable bonds is 1. The molecule has 3 nitrogen and oxygen atoms in total. The van der Waals surface area contributed by atoms with Crippen LogP contribution in [0.15, 0.2) is 17.5 Å². The highest BCUT2D eigenvalue weighted by Crippen LogP contribution is 2.30. The van der Waals surface area contributed by atoms with E-state index in [1.165, 1.54) is 11.3 Å². The zero-order chi connectivity index (χ0) is 10.1. The molecular formula is C10H8N2OS. The van der Waals surface area contributed by atoms with E-state index >= 15 is 0 Å². The van der Waals surface area contributed by atoms with E-state index in [0.717, 1.165) is 10.1 Å². The molecule has 3 N–H and O–H groups in total. The van der Waals surface area contributed by atoms with Crippen LogP contribution in [0.4, 0.5) is 5.69 Å². The minimum Gasteiger partial charge on any atom is -0.398 e. The number of benzene rings is 1. The lowest BCUT2D eigenvalue weighted by atomic mass is 10.0. The van der Waals surface area contributed by atoms with Gasteiger partial charge < -0.3 is 10.8 Å². The average molecular weight is 204 g/mol. The van der Waals surface area contributed by atoms with Crippen molar-refractivity contribution >= 4 is 27.1 Å². The van der Waals surface area contributed by atoms with Crippen molar-refractivity contribution in [2.75, 3.05) is 5.73 Å². The molecule has 0 unspecified atom stereocenters. The first-order valence-corrected chi connectivity index (χ1v) is 4.95. The number of fused-ring (bicyclic) bond motifs is 1. The van der Waals surface area contributed by atoms with Crippen LogP contribution in [0, 0.1) is 11.3 Å². The van der Waals surface area contributed by atoms with E-state index in [1.54, 1.807) is 6.07 Å². The molecule has 0 bridgehead atoms. The van der Waals surface area contributed by atoms with E-state index in [2.05, 4.69) is 6.07 Å². The average Bonchev–Trinajstić information content (AvgIpc) is 2.62. The number of hydrogen-bond acceptors (Lipinski definition) is 4. The van der Waals surface area contributed by atoms with Crippen molar-refractivity contribution in [1.29, 1.82) is 5.26 Å². The van der Waals surface area contributed by atoms with Gasteiger partial charge in [0.05, 0.1) is 12.2 Å². The molecule has 0 amide bonds. The van der Waals surface area contributed by atoms with Gasteiger partial charge in [0.2, 0.25) is 0 Å². The second kappa shape index (κ2) is 3.29. The van der Waals surface area contributed by atoms with Gasteiger partial charge in [0.25, 0.3) is 0 Å². The summed E-state index contributed by atoms with van der Waals surface area (Å²) >= 11 is 1.54. The fraction of sp³-hybridized carbons (Fsp3) is 0.100. The summed E-state index contributed by atoms with van der Waals surface area (Å²) in [5.41, 5.74) is 7.23. The predicted octanol–water partition coefficient (Wildman–Crippen LogP) is 1.85. The van der Waals surface area contributed by atoms with Crippen molar-refractivity contribution in [2.24, 2.45) is 0 Å². The van der Waals surface area contributed by atoms with Crippen LogP contribution < -0.4 is 5.73 Å². The molecule has 70 valence electrons. The number of hydrogen-bond donors (Lipinski definition) is 2. The fourth-order valence-electron chi connectivity index (χ4n) is 1.47. The Labute approximate surface area is 85.0 Å². The molecule has 1 heterocycles. The lowest BCUT2D eigenvalue weighted by molar-refractivity contribution is 0.282. The van der Waals surface area contributed by atoms with Gasteiger partial charge in [-0.2, -0.15) is 5.26 Å². The first-order valence-electron chi connectivity index (χ1n) is 4.07. The summed E-state index contributed by atoms with van der Waals surface area (Å²) < 4.78 is 0.983. The van der Waals surface area contributed by atoms with Crippen LogP contribution in [0.1, 0.15) is 11.1 Å². The minimum atomic E-state index is -0.194. The van der Waals surface area contributed by atoms with Crippen LogP contribution in [0.25, 0.3) is 10.1 Å². The van der Waals surface area contributed by atoms with Crippen molar-refractivity contribution in [3.8, 4) is 6.07 Å². The van der Waals surface area contributed by atoms with Crippen LogP contribution >= 0.6 is 11.3 Å². The first kappa shape index (κ1) is 9.00. The summed E-state index contributed by atoms with van der Waals surface area (Å²) in [6, 6.07) is 5.75. The molecule has 0 radical (unpaired) electrons. The van der Waals surface area contributed by atoms with Gasteiger partial charge in [0, 0.05) is 21.3 Å². The summed E-state index contributed by atoms with van der Waals surface area (Å²) in [4.78, 5) is 0. The van der Waals surface area contributed by atoms with Crippen molar-refractivity contribution in [3.05, 3.63) is 28.6 Å². The van der Waals surface area contributed by atoms with Gasteiger partial charge in [-0.25, -0.2) is 0 Å². The van der Waals surface area contributed by atoms with E-state index in [-0.39, 0.29) is 6.61 Å². The second-order valence-corrected chi connectivity index (χ2v) is 3.87. The predicted molar refractivity (Wildman–Crippen MR) is 56.9 cm³/mol. The smallest absolute Gasteiger partial charge is 0.100 e. The van der Waals surface area contributed by atoms with E-state index in [0.29, 0.717) is 16.8 Å². The monoisotopic (exact) mass is 204 g/mol. The zero-order valence-electron chi connectivity index (χ0n) is 7.32. The van der Waals surface area contributed by atoms with Gasteiger partial charge in [0.1, 0.15) is 6.07 Å². The first-order chi connectivity index (χ1) is 6.77. The van der Waals surface area contributed by atoms with Gasteiger partial charge in [-0.05, 0) is 17.5 Å². The van der Waals surface area contributed by atoms with E-state index in [4.69, 9.17) is 16.1 Å². The Morgan fingerprint density at radius 3 is 3.00 bits per heavy atom. The molecule has 1 aromatic heterocycles. The molecule has 0 saturated heterocycles. The van der Waals surface area contributed by atoms with Gasteiger partial charge in [0.15, 0.2) is 0 Å². The van der Waals surface area contributed by atoms with Crippen LogP contribution in [0.5, 0.6) is 0 Å². The lowest BCUT2D eigenvalue weighted by Gasteiger charge is -2.05. The van der Waals surface area contributed by atoms with Crippen molar-refractivity contribution in [2.45, 2.75) is 6.61 Å². The molecule has 14 heavy (non-hydrogen) atoms. The van der Waals surface area contributed by atoms with Gasteiger partial charge in [-0.1, -0.05) is 0 Å². The molecule has 0 aliphatic carbocycles. The maximum Gasteiger partial charge on any atom is 0.100 e. The number of aliphatic hydroxyl groups is 1. The van der Waals surface area contributed by atoms with Crippen LogP contribution in [-0.4, -0.2) is 5.11 Å². The number of anilines is 1. The third kappa shape index (κ3) is 1.15. The van der Waals surface area contributed by atoms with Crippen LogP contribution in [0.2, 0.25) is 0 Å². The van der Waals surface area contributed by atoms with E-state index in [1.807, 2.05) is 11.4 Å². The Morgan fingerprint density at radius 2 is 2.36 bits per heavy atom. The Balaban J connectivity index is 2.91. The van der Waals surface area contributed by atoms with Gasteiger partial charge >= 0.3 is 0 Å². The molecule has 0 fully saturated rings. The molecule has 0 spiro atoms. The van der Waals surface area contributed by atoms with Gasteiger partial charge in [-0.15, -0.1) is 11.3 Å². The third-order valence-corrected chi connectivity index (χ3v) is 3.04. The maximum absolute atomic E-state index is 9.10. The molecule has 0 saturated carbocycles. The van der Waals surface area contributed by atoms with Gasteiger partial charge in [-0.3, -0.25) is 0 Å². The normalized spacial score (nSPS) is 10.3. The van der Waals surface area contributed by atoms with Crippen molar-refractivity contribution in [3.63, 3.8) is 0 Å². The summed E-state index contributed by atoms with van der Waals surface area (Å²) in [5, 5.41) is 20.9. The fourth-order valence-corrected chi connectivity index (χ4v) is 2.32. The Hall–Kier alpha value is -1.57. The zero-order valence-corrected chi connectivity index (χ0v) is 8.14. The molecular weight excluding hydrogens is 196 g/mol. The highest BCUT2D eigenvalue weighted by Gasteiger charge is 2.11. The number of nitrogens with two attached hydrogens (primary N) is 1. The van der Waals surface area contributed by atoms with Crippen LogP contribution in [-0.2, 0) is 6.61 Å². The maximum atomic E-state index is 9.10. The summed E-state index contributed by atoms with van der Waals surface area (Å²) in [6.45, 7) is -0.194. The Kier molecular flexibility index (Phi) is 2.12. The molecule has 0 atom stereocenters. The number of nitrogen functional groups attached to an aromatic ring is 1. The van der Waals surface area contributed by atoms with E-state index in [9.17, 15) is 0 Å². The molecule has 4 heteroatoms. The molecule has 2 aromatic rings. The molecule has 2 rings (SSSR count). The number of nitrogens with zero attached hydrogens (tertiary/aromatic N) is 1. The molecule has 1 aromatic carbocycles. The third-order valence-electron chi connectivity index (χ3n) is 2.17. The SMILES string of the molecule is N#Cc1c(CO)c(N)cc2sccc12. The largest absolute Gasteiger partial charge is 0.398 e. The quantitative estimate of drug-likeness (QED) is 0.696. The Bertz CT molecular complexity index is 525. The summed E-state index contributed by atoms with van der Waals surface area (Å²) in [6.07, 6.45) is 0. The second-order valence-electron chi connectivity index (χ2n) is 2.92. The number of aliphatic hydroxyl groups excluding tert-OH is 1. The topological polar surface area (TPSA) is 70.0 Å². The highest BCUT2D eigenvalue weighted by molar-refractivity contribution is 7.17. The summed E-state index contributed by atoms with van der Waals surface area (Å²) in [5.74, 6) is 0. The highest BCUT2D eigenvalue weighted by atomic mass is 32.1. The minimum absolute atomic E-state index is 0.194. The van der Waals surface area contributed by atoms with E-state index < -0.39 is 0 Å². The molecule has 0 aliphatic rings.